The fraction of sp³-hybridized carbons (Fsp3) is 0.440. The van der Waals surface area contributed by atoms with Gasteiger partial charge in [0.25, 0.3) is 0 Å². The molecule has 2 rings (SSSR count). The third-order valence-electron chi connectivity index (χ3n) is 4.86. The number of carbonyl (C=O) groups excluding carboxylic acids is 2. The van der Waals surface area contributed by atoms with Crippen LogP contribution in [0.5, 0.6) is 0 Å². The summed E-state index contributed by atoms with van der Waals surface area (Å²) in [4.78, 5) is 27.3. The molecule has 2 amide bonds. The third kappa shape index (κ3) is 7.86. The Bertz CT molecular complexity index is 816. The number of thioether (sulfide) groups is 1. The zero-order chi connectivity index (χ0) is 22.1. The van der Waals surface area contributed by atoms with Gasteiger partial charge in [-0.1, -0.05) is 59.7 Å². The van der Waals surface area contributed by atoms with Gasteiger partial charge in [-0.05, 0) is 52.2 Å². The molecule has 2 aromatic rings. The van der Waals surface area contributed by atoms with E-state index in [9.17, 15) is 9.59 Å². The maximum absolute atomic E-state index is 13.0. The first-order valence-corrected chi connectivity index (χ1v) is 11.7. The van der Waals surface area contributed by atoms with Crippen LogP contribution in [0.1, 0.15) is 43.0 Å². The Kier molecular flexibility index (Phi) is 9.44. The quantitative estimate of drug-likeness (QED) is 0.608. The lowest BCUT2D eigenvalue weighted by atomic mass is 10.1. The Hall–Kier alpha value is -2.27. The Morgan fingerprint density at radius 2 is 1.60 bits per heavy atom. The van der Waals surface area contributed by atoms with Crippen LogP contribution < -0.4 is 5.32 Å². The maximum Gasteiger partial charge on any atom is 0.242 e. The average molecular weight is 427 g/mol. The van der Waals surface area contributed by atoms with E-state index in [1.807, 2.05) is 39.0 Å². The van der Waals surface area contributed by atoms with Crippen LogP contribution >= 0.6 is 11.8 Å². The van der Waals surface area contributed by atoms with Crippen molar-refractivity contribution in [1.82, 2.24) is 10.2 Å². The molecule has 0 aromatic heterocycles. The molecule has 0 spiro atoms. The van der Waals surface area contributed by atoms with Gasteiger partial charge in [-0.3, -0.25) is 9.59 Å². The Morgan fingerprint density at radius 1 is 0.967 bits per heavy atom. The molecular formula is C25H34N2O2S. The highest BCUT2D eigenvalue weighted by Gasteiger charge is 2.25. The summed E-state index contributed by atoms with van der Waals surface area (Å²) in [6.07, 6.45) is 0.730. The van der Waals surface area contributed by atoms with Crippen LogP contribution in [0.25, 0.3) is 0 Å². The van der Waals surface area contributed by atoms with Crippen molar-refractivity contribution < 1.29 is 9.59 Å². The van der Waals surface area contributed by atoms with Gasteiger partial charge in [-0.25, -0.2) is 0 Å². The van der Waals surface area contributed by atoms with Crippen LogP contribution in [0.2, 0.25) is 0 Å². The number of amides is 2. The first kappa shape index (κ1) is 24.0. The van der Waals surface area contributed by atoms with Gasteiger partial charge in [-0.2, -0.15) is 0 Å². The van der Waals surface area contributed by atoms with Gasteiger partial charge in [0.15, 0.2) is 0 Å². The monoisotopic (exact) mass is 426 g/mol. The van der Waals surface area contributed by atoms with Crippen LogP contribution in [-0.2, 0) is 21.8 Å². The number of benzene rings is 2. The smallest absolute Gasteiger partial charge is 0.242 e. The van der Waals surface area contributed by atoms with Crippen molar-refractivity contribution >= 4 is 23.6 Å². The number of nitrogens with zero attached hydrogens (tertiary/aromatic N) is 1. The first-order valence-electron chi connectivity index (χ1n) is 10.5. The van der Waals surface area contributed by atoms with Crippen LogP contribution in [0.3, 0.4) is 0 Å². The maximum atomic E-state index is 13.0. The molecule has 2 aromatic carbocycles. The molecular weight excluding hydrogens is 392 g/mol. The van der Waals surface area contributed by atoms with E-state index >= 15 is 0 Å². The van der Waals surface area contributed by atoms with Crippen molar-refractivity contribution in [1.29, 1.82) is 0 Å². The molecule has 0 fully saturated rings. The first-order chi connectivity index (χ1) is 14.3. The van der Waals surface area contributed by atoms with Gasteiger partial charge >= 0.3 is 0 Å². The summed E-state index contributed by atoms with van der Waals surface area (Å²) in [6, 6.07) is 16.1. The summed E-state index contributed by atoms with van der Waals surface area (Å²) in [7, 11) is 0. The van der Waals surface area contributed by atoms with Crippen molar-refractivity contribution in [3.05, 3.63) is 70.8 Å². The molecule has 5 heteroatoms. The highest BCUT2D eigenvalue weighted by molar-refractivity contribution is 7.99. The van der Waals surface area contributed by atoms with Crippen LogP contribution in [0, 0.1) is 13.8 Å². The van der Waals surface area contributed by atoms with E-state index < -0.39 is 6.04 Å². The fourth-order valence-electron chi connectivity index (χ4n) is 3.47. The molecule has 1 N–H and O–H groups in total. The summed E-state index contributed by atoms with van der Waals surface area (Å²) in [5, 5.41) is 2.93. The number of carbonyl (C=O) groups is 2. The van der Waals surface area contributed by atoms with E-state index in [0.29, 0.717) is 12.3 Å². The average Bonchev–Trinajstić information content (AvgIpc) is 2.67. The summed E-state index contributed by atoms with van der Waals surface area (Å²) >= 11 is 1.60. The minimum absolute atomic E-state index is 0.00622. The van der Waals surface area contributed by atoms with Crippen LogP contribution in [0.4, 0.5) is 0 Å². The molecule has 30 heavy (non-hydrogen) atoms. The Balaban J connectivity index is 2.01. The lowest BCUT2D eigenvalue weighted by Crippen LogP contribution is -2.50. The molecule has 0 saturated carbocycles. The second-order valence-electron chi connectivity index (χ2n) is 8.15. The molecule has 162 valence electrons. The van der Waals surface area contributed by atoms with E-state index in [1.54, 1.807) is 16.7 Å². The lowest BCUT2D eigenvalue weighted by molar-refractivity contribution is -0.138. The molecule has 1 atom stereocenters. The molecule has 0 saturated heterocycles. The van der Waals surface area contributed by atoms with Crippen LogP contribution in [-0.4, -0.2) is 41.1 Å². The summed E-state index contributed by atoms with van der Waals surface area (Å²) in [5.41, 5.74) is 4.86. The zero-order valence-electron chi connectivity index (χ0n) is 18.8. The molecule has 0 unspecified atom stereocenters. The second kappa shape index (κ2) is 11.8. The van der Waals surface area contributed by atoms with Gasteiger partial charge in [0.1, 0.15) is 6.04 Å². The lowest BCUT2D eigenvalue weighted by Gasteiger charge is -2.29. The van der Waals surface area contributed by atoms with Gasteiger partial charge in [0.05, 0.1) is 5.75 Å². The molecule has 0 aliphatic carbocycles. The second-order valence-corrected chi connectivity index (χ2v) is 9.14. The molecule has 0 bridgehead atoms. The molecule has 4 nitrogen and oxygen atoms in total. The SMILES string of the molecule is Cc1cc(C)cc(CSCC(=O)N(CCc2ccccc2)[C@@H](C)C(=O)NC(C)C)c1. The zero-order valence-corrected chi connectivity index (χ0v) is 19.6. The van der Waals surface area contributed by atoms with E-state index in [0.717, 1.165) is 17.7 Å². The number of hydrogen-bond acceptors (Lipinski definition) is 3. The fourth-order valence-corrected chi connectivity index (χ4v) is 4.31. The Morgan fingerprint density at radius 3 is 2.20 bits per heavy atom. The molecule has 0 aliphatic rings. The van der Waals surface area contributed by atoms with E-state index in [1.165, 1.54) is 16.7 Å². The number of hydrogen-bond donors (Lipinski definition) is 1. The van der Waals surface area contributed by atoms with Gasteiger partial charge in [0, 0.05) is 18.3 Å². The van der Waals surface area contributed by atoms with E-state index in [2.05, 4.69) is 49.5 Å². The minimum Gasteiger partial charge on any atom is -0.352 e. The topological polar surface area (TPSA) is 49.4 Å². The standard InChI is InChI=1S/C25H34N2O2S/c1-18(2)26-25(29)21(5)27(12-11-22-9-7-6-8-10-22)24(28)17-30-16-23-14-19(3)13-20(4)15-23/h6-10,13-15,18,21H,11-12,16-17H2,1-5H3,(H,26,29)/t21-/m0/s1. The van der Waals surface area contributed by atoms with Crippen molar-refractivity contribution in [2.75, 3.05) is 12.3 Å². The van der Waals surface area contributed by atoms with Crippen molar-refractivity contribution in [2.24, 2.45) is 0 Å². The Labute approximate surface area is 185 Å². The van der Waals surface area contributed by atoms with Crippen molar-refractivity contribution in [3.8, 4) is 0 Å². The minimum atomic E-state index is -0.495. The highest BCUT2D eigenvalue weighted by Crippen LogP contribution is 2.17. The molecule has 0 radical (unpaired) electrons. The normalized spacial score (nSPS) is 11.9. The van der Waals surface area contributed by atoms with Gasteiger partial charge < -0.3 is 10.2 Å². The number of aryl methyl sites for hydroxylation is 2. The third-order valence-corrected chi connectivity index (χ3v) is 5.85. The van der Waals surface area contributed by atoms with Gasteiger partial charge in [0.2, 0.25) is 11.8 Å². The highest BCUT2D eigenvalue weighted by atomic mass is 32.2. The predicted molar refractivity (Wildman–Crippen MR) is 127 cm³/mol. The van der Waals surface area contributed by atoms with Crippen molar-refractivity contribution in [3.63, 3.8) is 0 Å². The summed E-state index contributed by atoms with van der Waals surface area (Å²) < 4.78 is 0. The molecule has 0 heterocycles. The van der Waals surface area contributed by atoms with Gasteiger partial charge in [-0.15, -0.1) is 11.8 Å². The largest absolute Gasteiger partial charge is 0.352 e. The van der Waals surface area contributed by atoms with Crippen LogP contribution in [0.15, 0.2) is 48.5 Å². The molecule has 0 aliphatic heterocycles. The number of rotatable bonds is 10. The number of nitrogens with one attached hydrogen (secondary N) is 1. The summed E-state index contributed by atoms with van der Waals surface area (Å²) in [6.45, 7) is 10.4. The predicted octanol–water partition coefficient (Wildman–Crippen LogP) is 4.52. The van der Waals surface area contributed by atoms with E-state index in [4.69, 9.17) is 0 Å². The van der Waals surface area contributed by atoms with Crippen molar-refractivity contribution in [2.45, 2.75) is 58.9 Å². The summed E-state index contributed by atoms with van der Waals surface area (Å²) in [5.74, 6) is 1.05. The van der Waals surface area contributed by atoms with E-state index in [-0.39, 0.29) is 17.9 Å².